The van der Waals surface area contributed by atoms with Crippen molar-refractivity contribution in [3.63, 3.8) is 0 Å². The summed E-state index contributed by atoms with van der Waals surface area (Å²) in [6.45, 7) is 6.77. The Bertz CT molecular complexity index is 551. The van der Waals surface area contributed by atoms with E-state index in [2.05, 4.69) is 55.4 Å². The molecule has 1 aromatic carbocycles. The Labute approximate surface area is 119 Å². The van der Waals surface area contributed by atoms with E-state index in [1.54, 1.807) is 6.21 Å². The van der Waals surface area contributed by atoms with Gasteiger partial charge >= 0.3 is 6.03 Å². The molecule has 2 rings (SSSR count). The first-order valence-corrected chi connectivity index (χ1v) is 6.77. The van der Waals surface area contributed by atoms with Crippen molar-refractivity contribution in [1.82, 2.24) is 5.43 Å². The number of nitrogens with two attached hydrogens (primary N) is 1. The minimum Gasteiger partial charge on any atom is -0.369 e. The monoisotopic (exact) mass is 274 g/mol. The van der Waals surface area contributed by atoms with E-state index in [1.807, 2.05) is 6.07 Å². The fourth-order valence-electron chi connectivity index (χ4n) is 2.85. The summed E-state index contributed by atoms with van der Waals surface area (Å²) in [5.41, 5.74) is 10.9. The lowest BCUT2D eigenvalue weighted by Gasteiger charge is -2.45. The van der Waals surface area contributed by atoms with Crippen LogP contribution in [-0.4, -0.2) is 24.8 Å². The Kier molecular flexibility index (Phi) is 3.70. The zero-order valence-corrected chi connectivity index (χ0v) is 12.5. The Balaban J connectivity index is 2.30. The standard InChI is InChI=1S/C15H22N4O/c1-10-8-15(2,3)19(4)13-6-5-11(7-12(10)13)9-17-18-14(16)20/h5-7,9-10H,8H2,1-4H3,(H3,16,18,20)/b17-9-/t10-/m0/s1. The number of carbonyl (C=O) groups excluding carboxylic acids is 1. The lowest BCUT2D eigenvalue weighted by Crippen LogP contribution is -2.45. The number of benzene rings is 1. The van der Waals surface area contributed by atoms with Crippen LogP contribution in [-0.2, 0) is 0 Å². The third-order valence-electron chi connectivity index (χ3n) is 4.05. The highest BCUT2D eigenvalue weighted by Crippen LogP contribution is 2.42. The molecule has 0 fully saturated rings. The van der Waals surface area contributed by atoms with Gasteiger partial charge in [-0.1, -0.05) is 13.0 Å². The highest BCUT2D eigenvalue weighted by Gasteiger charge is 2.33. The smallest absolute Gasteiger partial charge is 0.332 e. The van der Waals surface area contributed by atoms with Crippen LogP contribution in [0.25, 0.3) is 0 Å². The van der Waals surface area contributed by atoms with Gasteiger partial charge < -0.3 is 10.6 Å². The molecule has 0 spiro atoms. The molecule has 0 aromatic heterocycles. The van der Waals surface area contributed by atoms with Gasteiger partial charge in [-0.3, -0.25) is 0 Å². The maximum atomic E-state index is 10.6. The summed E-state index contributed by atoms with van der Waals surface area (Å²) in [5.74, 6) is 0.494. The lowest BCUT2D eigenvalue weighted by molar-refractivity contribution is 0.249. The molecule has 20 heavy (non-hydrogen) atoms. The zero-order valence-electron chi connectivity index (χ0n) is 12.5. The van der Waals surface area contributed by atoms with Crippen LogP contribution in [0.3, 0.4) is 0 Å². The van der Waals surface area contributed by atoms with Crippen LogP contribution in [0.5, 0.6) is 0 Å². The number of carbonyl (C=O) groups is 1. The van der Waals surface area contributed by atoms with E-state index in [4.69, 9.17) is 5.73 Å². The number of hydrogen-bond donors (Lipinski definition) is 2. The summed E-state index contributed by atoms with van der Waals surface area (Å²) in [6.07, 6.45) is 2.72. The van der Waals surface area contributed by atoms with Crippen molar-refractivity contribution in [3.8, 4) is 0 Å². The summed E-state index contributed by atoms with van der Waals surface area (Å²) in [6, 6.07) is 5.57. The number of primary amides is 1. The second kappa shape index (κ2) is 5.15. The van der Waals surface area contributed by atoms with Crippen LogP contribution in [0.1, 0.15) is 44.2 Å². The van der Waals surface area contributed by atoms with Gasteiger partial charge in [0.25, 0.3) is 0 Å². The molecule has 5 heteroatoms. The predicted octanol–water partition coefficient (Wildman–Crippen LogP) is 2.41. The van der Waals surface area contributed by atoms with E-state index in [9.17, 15) is 4.79 Å². The van der Waals surface area contributed by atoms with Crippen molar-refractivity contribution in [2.75, 3.05) is 11.9 Å². The first kappa shape index (κ1) is 14.4. The number of anilines is 1. The first-order valence-electron chi connectivity index (χ1n) is 6.77. The Morgan fingerprint density at radius 2 is 2.25 bits per heavy atom. The quantitative estimate of drug-likeness (QED) is 0.642. The molecular weight excluding hydrogens is 252 g/mol. The fraction of sp³-hybridized carbons (Fsp3) is 0.467. The molecule has 1 atom stereocenters. The molecule has 1 aliphatic heterocycles. The number of urea groups is 1. The minimum atomic E-state index is -0.658. The summed E-state index contributed by atoms with van der Waals surface area (Å²) < 4.78 is 0. The molecule has 3 N–H and O–H groups in total. The van der Waals surface area contributed by atoms with Crippen LogP contribution >= 0.6 is 0 Å². The van der Waals surface area contributed by atoms with Crippen molar-refractivity contribution in [2.45, 2.75) is 38.6 Å². The van der Waals surface area contributed by atoms with E-state index in [-0.39, 0.29) is 5.54 Å². The van der Waals surface area contributed by atoms with Gasteiger partial charge in [0.15, 0.2) is 0 Å². The van der Waals surface area contributed by atoms with Crippen LogP contribution in [0.4, 0.5) is 10.5 Å². The van der Waals surface area contributed by atoms with E-state index >= 15 is 0 Å². The van der Waals surface area contributed by atoms with Gasteiger partial charge in [-0.05, 0) is 49.4 Å². The number of nitrogens with zero attached hydrogens (tertiary/aromatic N) is 2. The second-order valence-corrected chi connectivity index (χ2v) is 6.03. The second-order valence-electron chi connectivity index (χ2n) is 6.03. The molecule has 1 aromatic rings. The van der Waals surface area contributed by atoms with Crippen LogP contribution in [0.2, 0.25) is 0 Å². The molecule has 1 heterocycles. The molecule has 0 saturated heterocycles. The summed E-state index contributed by atoms with van der Waals surface area (Å²) in [5, 5.41) is 3.80. The van der Waals surface area contributed by atoms with Gasteiger partial charge in [0.05, 0.1) is 6.21 Å². The van der Waals surface area contributed by atoms with Crippen molar-refractivity contribution in [2.24, 2.45) is 10.8 Å². The topological polar surface area (TPSA) is 70.7 Å². The highest BCUT2D eigenvalue weighted by atomic mass is 16.2. The van der Waals surface area contributed by atoms with Gasteiger partial charge in [-0.15, -0.1) is 0 Å². The van der Waals surface area contributed by atoms with E-state index in [1.165, 1.54) is 11.3 Å². The molecule has 0 saturated carbocycles. The average molecular weight is 274 g/mol. The number of hydrogen-bond acceptors (Lipinski definition) is 3. The van der Waals surface area contributed by atoms with Crippen LogP contribution in [0, 0.1) is 0 Å². The van der Waals surface area contributed by atoms with Crippen molar-refractivity contribution in [3.05, 3.63) is 29.3 Å². The van der Waals surface area contributed by atoms with Gasteiger partial charge in [0.1, 0.15) is 0 Å². The summed E-state index contributed by atoms with van der Waals surface area (Å²) in [4.78, 5) is 12.9. The number of hydrazone groups is 1. The summed E-state index contributed by atoms with van der Waals surface area (Å²) in [7, 11) is 2.13. The maximum Gasteiger partial charge on any atom is 0.332 e. The van der Waals surface area contributed by atoms with Gasteiger partial charge in [0.2, 0.25) is 0 Å². The molecule has 0 radical (unpaired) electrons. The molecular formula is C15H22N4O. The third-order valence-corrected chi connectivity index (χ3v) is 4.05. The van der Waals surface area contributed by atoms with E-state index in [0.717, 1.165) is 12.0 Å². The van der Waals surface area contributed by atoms with Crippen molar-refractivity contribution < 1.29 is 4.79 Å². The Hall–Kier alpha value is -2.04. The van der Waals surface area contributed by atoms with Crippen LogP contribution in [0.15, 0.2) is 23.3 Å². The fourth-order valence-corrected chi connectivity index (χ4v) is 2.85. The van der Waals surface area contributed by atoms with Gasteiger partial charge in [-0.2, -0.15) is 5.10 Å². The predicted molar refractivity (Wildman–Crippen MR) is 82.3 cm³/mol. The molecule has 0 unspecified atom stereocenters. The summed E-state index contributed by atoms with van der Waals surface area (Å²) >= 11 is 0. The van der Waals surface area contributed by atoms with E-state index < -0.39 is 6.03 Å². The highest BCUT2D eigenvalue weighted by molar-refractivity contribution is 5.83. The number of rotatable bonds is 2. The number of nitrogens with one attached hydrogen (secondary N) is 1. The molecule has 2 amide bonds. The average Bonchev–Trinajstić information content (AvgIpc) is 2.35. The largest absolute Gasteiger partial charge is 0.369 e. The Morgan fingerprint density at radius 3 is 2.90 bits per heavy atom. The molecule has 0 aliphatic carbocycles. The van der Waals surface area contributed by atoms with Gasteiger partial charge in [0, 0.05) is 18.3 Å². The number of amides is 2. The third kappa shape index (κ3) is 2.76. The maximum absolute atomic E-state index is 10.6. The molecule has 108 valence electrons. The van der Waals surface area contributed by atoms with Crippen molar-refractivity contribution in [1.29, 1.82) is 0 Å². The zero-order chi connectivity index (χ0) is 14.9. The lowest BCUT2D eigenvalue weighted by atomic mass is 9.80. The molecule has 0 bridgehead atoms. The minimum absolute atomic E-state index is 0.162. The normalized spacial score (nSPS) is 20.8. The van der Waals surface area contributed by atoms with Crippen molar-refractivity contribution >= 4 is 17.9 Å². The van der Waals surface area contributed by atoms with Gasteiger partial charge in [-0.25, -0.2) is 10.2 Å². The molecule has 1 aliphatic rings. The molecule has 5 nitrogen and oxygen atoms in total. The Morgan fingerprint density at radius 1 is 1.55 bits per heavy atom. The van der Waals surface area contributed by atoms with E-state index in [0.29, 0.717) is 5.92 Å². The van der Waals surface area contributed by atoms with Crippen LogP contribution < -0.4 is 16.1 Å². The SMILES string of the molecule is C[C@H]1CC(C)(C)N(C)c2ccc(/C=N\NC(N)=O)cc21. The first-order chi connectivity index (χ1) is 9.31. The number of fused-ring (bicyclic) bond motifs is 1.